The summed E-state index contributed by atoms with van der Waals surface area (Å²) in [5, 5.41) is 0. The number of hydrogen-bond donors (Lipinski definition) is 0. The second-order valence-corrected chi connectivity index (χ2v) is 8.58. The smallest absolute Gasteiger partial charge is 0.211 e. The molecular weight excluding hydrogens is 366 g/mol. The topological polar surface area (TPSA) is 88.0 Å². The van der Waals surface area contributed by atoms with Crippen molar-refractivity contribution >= 4 is 21.6 Å². The lowest BCUT2D eigenvalue weighted by molar-refractivity contribution is 0.387. The Bertz CT molecular complexity index is 998. The summed E-state index contributed by atoms with van der Waals surface area (Å²) in [5.74, 6) is 1.57. The van der Waals surface area contributed by atoms with E-state index in [2.05, 4.69) is 19.9 Å². The minimum absolute atomic E-state index is 0.457. The van der Waals surface area contributed by atoms with E-state index in [1.54, 1.807) is 7.11 Å². The van der Waals surface area contributed by atoms with Crippen molar-refractivity contribution in [3.05, 3.63) is 47.4 Å². The second kappa shape index (κ2) is 6.90. The van der Waals surface area contributed by atoms with Crippen LogP contribution >= 0.6 is 0 Å². The largest absolute Gasteiger partial charge is 0.497 e. The maximum atomic E-state index is 11.7. The highest BCUT2D eigenvalue weighted by Crippen LogP contribution is 2.27. The van der Waals surface area contributed by atoms with Crippen molar-refractivity contribution in [2.45, 2.75) is 6.54 Å². The molecule has 2 aliphatic rings. The molecule has 1 aromatic heterocycles. The van der Waals surface area contributed by atoms with Crippen molar-refractivity contribution in [2.75, 3.05) is 44.4 Å². The highest BCUT2D eigenvalue weighted by molar-refractivity contribution is 7.88. The Kier molecular flexibility index (Phi) is 4.56. The average Bonchev–Trinajstić information content (AvgIpc) is 3.10. The minimum atomic E-state index is -3.15. The van der Waals surface area contributed by atoms with Crippen LogP contribution in [0.1, 0.15) is 16.8 Å². The zero-order valence-corrected chi connectivity index (χ0v) is 16.1. The summed E-state index contributed by atoms with van der Waals surface area (Å²) in [7, 11) is -1.50. The lowest BCUT2D eigenvalue weighted by Crippen LogP contribution is -2.48. The van der Waals surface area contributed by atoms with Gasteiger partial charge in [0.05, 0.1) is 31.3 Å². The Morgan fingerprint density at radius 2 is 1.85 bits per heavy atom. The number of piperazine rings is 1. The van der Waals surface area contributed by atoms with Crippen LogP contribution in [0.25, 0.3) is 0 Å². The highest BCUT2D eigenvalue weighted by atomic mass is 32.2. The maximum Gasteiger partial charge on any atom is 0.211 e. The summed E-state index contributed by atoms with van der Waals surface area (Å²) < 4.78 is 30.2. The summed E-state index contributed by atoms with van der Waals surface area (Å²) in [4.78, 5) is 15.5. The molecule has 0 saturated carbocycles. The number of methoxy groups -OCH3 is 1. The van der Waals surface area contributed by atoms with Crippen LogP contribution in [0.2, 0.25) is 0 Å². The monoisotopic (exact) mass is 387 g/mol. The van der Waals surface area contributed by atoms with E-state index in [0.717, 1.165) is 34.1 Å². The van der Waals surface area contributed by atoms with Crippen molar-refractivity contribution < 1.29 is 13.2 Å². The predicted octanol–water partition coefficient (Wildman–Crippen LogP) is 0.918. The van der Waals surface area contributed by atoms with Gasteiger partial charge in [-0.1, -0.05) is 6.07 Å². The fourth-order valence-electron chi connectivity index (χ4n) is 3.41. The van der Waals surface area contributed by atoms with Gasteiger partial charge in [0.1, 0.15) is 17.9 Å². The van der Waals surface area contributed by atoms with E-state index in [0.29, 0.717) is 32.7 Å². The fraction of sp³-hybridized carbons (Fsp3) is 0.389. The number of fused-ring (bicyclic) bond motifs is 1. The van der Waals surface area contributed by atoms with E-state index in [1.165, 1.54) is 16.9 Å². The third kappa shape index (κ3) is 3.52. The lowest BCUT2D eigenvalue weighted by atomic mass is 10.0. The number of rotatable bonds is 4. The van der Waals surface area contributed by atoms with Gasteiger partial charge in [-0.05, 0) is 17.7 Å². The van der Waals surface area contributed by atoms with Crippen molar-refractivity contribution in [2.24, 2.45) is 4.99 Å². The van der Waals surface area contributed by atoms with Crippen molar-refractivity contribution in [3.63, 3.8) is 0 Å². The van der Waals surface area contributed by atoms with Gasteiger partial charge in [0.15, 0.2) is 0 Å². The van der Waals surface area contributed by atoms with Crippen LogP contribution in [0, 0.1) is 0 Å². The zero-order chi connectivity index (χ0) is 19.0. The first-order valence-electron chi connectivity index (χ1n) is 8.70. The number of benzene rings is 1. The quantitative estimate of drug-likeness (QED) is 0.775. The molecule has 0 spiro atoms. The van der Waals surface area contributed by atoms with E-state index in [4.69, 9.17) is 4.74 Å². The Balaban J connectivity index is 1.57. The van der Waals surface area contributed by atoms with Crippen molar-refractivity contribution in [3.8, 4) is 5.75 Å². The van der Waals surface area contributed by atoms with Crippen molar-refractivity contribution in [1.82, 2.24) is 14.3 Å². The van der Waals surface area contributed by atoms with Crippen LogP contribution in [0.15, 0.2) is 35.6 Å². The summed E-state index contributed by atoms with van der Waals surface area (Å²) >= 11 is 0. The molecule has 0 bridgehead atoms. The summed E-state index contributed by atoms with van der Waals surface area (Å²) in [6, 6.07) is 7.86. The fourth-order valence-corrected chi connectivity index (χ4v) is 4.23. The molecule has 2 aromatic rings. The number of hydrogen-bond acceptors (Lipinski definition) is 7. The van der Waals surface area contributed by atoms with Gasteiger partial charge in [-0.15, -0.1) is 0 Å². The van der Waals surface area contributed by atoms with Gasteiger partial charge in [0.2, 0.25) is 10.0 Å². The Labute approximate surface area is 158 Å². The molecule has 0 aliphatic carbocycles. The van der Waals surface area contributed by atoms with E-state index in [-0.39, 0.29) is 0 Å². The van der Waals surface area contributed by atoms with Gasteiger partial charge < -0.3 is 9.64 Å². The number of anilines is 1. The number of aromatic nitrogens is 2. The molecule has 1 aromatic carbocycles. The van der Waals surface area contributed by atoms with Gasteiger partial charge in [0, 0.05) is 37.8 Å². The molecule has 0 N–H and O–H groups in total. The molecule has 2 aliphatic heterocycles. The van der Waals surface area contributed by atoms with Crippen LogP contribution in [0.4, 0.5) is 5.82 Å². The van der Waals surface area contributed by atoms with E-state index >= 15 is 0 Å². The van der Waals surface area contributed by atoms with Crippen LogP contribution in [0.3, 0.4) is 0 Å². The normalized spacial score (nSPS) is 17.6. The molecule has 0 atom stereocenters. The van der Waals surface area contributed by atoms with Gasteiger partial charge in [-0.25, -0.2) is 18.4 Å². The molecule has 1 fully saturated rings. The highest BCUT2D eigenvalue weighted by Gasteiger charge is 2.25. The predicted molar refractivity (Wildman–Crippen MR) is 103 cm³/mol. The molecule has 142 valence electrons. The lowest BCUT2D eigenvalue weighted by Gasteiger charge is -2.33. The molecule has 0 radical (unpaired) electrons. The van der Waals surface area contributed by atoms with Crippen LogP contribution in [0.5, 0.6) is 5.75 Å². The molecule has 1 saturated heterocycles. The maximum absolute atomic E-state index is 11.7. The van der Waals surface area contributed by atoms with Gasteiger partial charge in [-0.3, -0.25) is 4.99 Å². The number of sulfonamides is 1. The van der Waals surface area contributed by atoms with Gasteiger partial charge >= 0.3 is 0 Å². The Hall–Kier alpha value is -2.52. The Morgan fingerprint density at radius 1 is 1.07 bits per heavy atom. The first kappa shape index (κ1) is 17.9. The molecule has 8 nitrogen and oxygen atoms in total. The average molecular weight is 387 g/mol. The van der Waals surface area contributed by atoms with Gasteiger partial charge in [0.25, 0.3) is 0 Å². The van der Waals surface area contributed by atoms with Crippen LogP contribution < -0.4 is 9.64 Å². The third-order valence-electron chi connectivity index (χ3n) is 4.91. The summed E-state index contributed by atoms with van der Waals surface area (Å²) in [5.41, 5.74) is 3.77. The SMILES string of the molecule is COc1ccc2c(c1)C(c1cc(N3CCN(S(C)(=O)=O)CC3)ncn1)=NC2. The second-order valence-electron chi connectivity index (χ2n) is 6.60. The van der Waals surface area contributed by atoms with E-state index < -0.39 is 10.0 Å². The number of aliphatic imine (C=N–C) groups is 1. The zero-order valence-electron chi connectivity index (χ0n) is 15.3. The summed E-state index contributed by atoms with van der Waals surface area (Å²) in [6.07, 6.45) is 2.78. The first-order valence-corrected chi connectivity index (χ1v) is 10.5. The minimum Gasteiger partial charge on any atom is -0.497 e. The first-order chi connectivity index (χ1) is 13.0. The molecule has 0 amide bonds. The van der Waals surface area contributed by atoms with Crippen molar-refractivity contribution in [1.29, 1.82) is 0 Å². The van der Waals surface area contributed by atoms with E-state index in [9.17, 15) is 8.42 Å². The van der Waals surface area contributed by atoms with Gasteiger partial charge in [-0.2, -0.15) is 4.31 Å². The van der Waals surface area contributed by atoms with Crippen LogP contribution in [-0.2, 0) is 16.6 Å². The third-order valence-corrected chi connectivity index (χ3v) is 6.21. The molecule has 0 unspecified atom stereocenters. The molecule has 9 heteroatoms. The summed E-state index contributed by atoms with van der Waals surface area (Å²) in [6.45, 7) is 2.74. The number of ether oxygens (including phenoxy) is 1. The molecule has 4 rings (SSSR count). The molecular formula is C18H21N5O3S. The molecule has 27 heavy (non-hydrogen) atoms. The number of nitrogens with zero attached hydrogens (tertiary/aromatic N) is 5. The standard InChI is InChI=1S/C18H21N5O3S/c1-26-14-4-3-13-11-19-18(15(13)9-14)16-10-17(21-12-20-16)22-5-7-23(8-6-22)27(2,24)25/h3-4,9-10,12H,5-8,11H2,1-2H3. The molecule has 3 heterocycles. The Morgan fingerprint density at radius 3 is 2.56 bits per heavy atom. The van der Waals surface area contributed by atoms with E-state index in [1.807, 2.05) is 24.3 Å². The van der Waals surface area contributed by atoms with Crippen LogP contribution in [-0.4, -0.2) is 67.9 Å².